The van der Waals surface area contributed by atoms with Gasteiger partial charge >= 0.3 is 0 Å². The lowest BCUT2D eigenvalue weighted by molar-refractivity contribution is -0.125. The van der Waals surface area contributed by atoms with Gasteiger partial charge in [0.1, 0.15) is 0 Å². The molecule has 2 aliphatic rings. The van der Waals surface area contributed by atoms with E-state index in [9.17, 15) is 9.59 Å². The molecule has 3 rings (SSSR count). The molecule has 0 radical (unpaired) electrons. The van der Waals surface area contributed by atoms with Gasteiger partial charge in [-0.05, 0) is 43.5 Å². The van der Waals surface area contributed by atoms with Crippen molar-refractivity contribution in [3.05, 3.63) is 29.3 Å². The minimum absolute atomic E-state index is 0.0493. The molecule has 1 heterocycles. The molecule has 22 heavy (non-hydrogen) atoms. The number of nitrogens with one attached hydrogen (secondary N) is 2. The van der Waals surface area contributed by atoms with E-state index < -0.39 is 0 Å². The highest BCUT2D eigenvalue weighted by molar-refractivity contribution is 6.30. The second-order valence-electron chi connectivity index (χ2n) is 5.83. The third-order valence-electron chi connectivity index (χ3n) is 4.10. The molecule has 118 valence electrons. The summed E-state index contributed by atoms with van der Waals surface area (Å²) in [7, 11) is 0. The number of carbonyl (C=O) groups excluding carboxylic acids is 2. The van der Waals surface area contributed by atoms with E-state index in [4.69, 9.17) is 16.3 Å². The van der Waals surface area contributed by atoms with E-state index in [0.29, 0.717) is 23.7 Å². The lowest BCUT2D eigenvalue weighted by Gasteiger charge is -2.10. The Kier molecular flexibility index (Phi) is 4.64. The fourth-order valence-electron chi connectivity index (χ4n) is 2.69. The van der Waals surface area contributed by atoms with Gasteiger partial charge in [-0.3, -0.25) is 9.59 Å². The third kappa shape index (κ3) is 3.78. The van der Waals surface area contributed by atoms with Gasteiger partial charge in [-0.25, -0.2) is 0 Å². The van der Waals surface area contributed by atoms with Crippen molar-refractivity contribution in [1.82, 2.24) is 5.32 Å². The lowest BCUT2D eigenvalue weighted by Crippen LogP contribution is -2.33. The Morgan fingerprint density at radius 1 is 1.18 bits per heavy atom. The van der Waals surface area contributed by atoms with Crippen LogP contribution in [0.25, 0.3) is 0 Å². The minimum atomic E-state index is -0.236. The van der Waals surface area contributed by atoms with Gasteiger partial charge in [0.25, 0.3) is 0 Å². The maximum Gasteiger partial charge on any atom is 0.228 e. The van der Waals surface area contributed by atoms with Gasteiger partial charge in [0, 0.05) is 23.9 Å². The molecule has 1 saturated carbocycles. The highest BCUT2D eigenvalue weighted by atomic mass is 35.5. The van der Waals surface area contributed by atoms with Crippen LogP contribution in [0, 0.1) is 11.8 Å². The normalized spacial score (nSPS) is 26.5. The van der Waals surface area contributed by atoms with Crippen LogP contribution in [0.5, 0.6) is 0 Å². The zero-order valence-electron chi connectivity index (χ0n) is 12.2. The molecule has 1 aromatic carbocycles. The first kappa shape index (κ1) is 15.3. The molecule has 5 nitrogen and oxygen atoms in total. The molecular weight excluding hydrogens is 304 g/mol. The van der Waals surface area contributed by atoms with E-state index in [1.165, 1.54) is 0 Å². The molecule has 2 N–H and O–H groups in total. The molecule has 1 saturated heterocycles. The zero-order chi connectivity index (χ0) is 15.5. The quantitative estimate of drug-likeness (QED) is 0.873. The molecule has 3 atom stereocenters. The summed E-state index contributed by atoms with van der Waals surface area (Å²) in [5.41, 5.74) is 0.694. The van der Waals surface area contributed by atoms with Crippen LogP contribution in [0.2, 0.25) is 5.02 Å². The van der Waals surface area contributed by atoms with Gasteiger partial charge in [0.05, 0.1) is 17.9 Å². The summed E-state index contributed by atoms with van der Waals surface area (Å²) < 4.78 is 5.46. The van der Waals surface area contributed by atoms with E-state index in [0.717, 1.165) is 19.4 Å². The van der Waals surface area contributed by atoms with Crippen molar-refractivity contribution in [2.45, 2.75) is 25.4 Å². The fraction of sp³-hybridized carbons (Fsp3) is 0.500. The predicted molar refractivity (Wildman–Crippen MR) is 83.7 cm³/mol. The number of benzene rings is 1. The SMILES string of the molecule is O=C(NCC1CCCO1)C1CC1C(=O)Nc1ccc(Cl)cc1. The molecule has 1 aromatic rings. The first-order valence-electron chi connectivity index (χ1n) is 7.59. The number of hydrogen-bond acceptors (Lipinski definition) is 3. The van der Waals surface area contributed by atoms with Crippen molar-refractivity contribution in [3.63, 3.8) is 0 Å². The Hall–Kier alpha value is -1.59. The number of rotatable bonds is 5. The summed E-state index contributed by atoms with van der Waals surface area (Å²) in [5, 5.41) is 6.31. The first-order chi connectivity index (χ1) is 10.6. The van der Waals surface area contributed by atoms with Gasteiger partial charge in [0.15, 0.2) is 0 Å². The number of hydrogen-bond donors (Lipinski definition) is 2. The molecule has 3 unspecified atom stereocenters. The topological polar surface area (TPSA) is 67.4 Å². The third-order valence-corrected chi connectivity index (χ3v) is 4.36. The van der Waals surface area contributed by atoms with Crippen LogP contribution in [0.15, 0.2) is 24.3 Å². The zero-order valence-corrected chi connectivity index (χ0v) is 12.9. The highest BCUT2D eigenvalue weighted by Gasteiger charge is 2.48. The molecule has 2 amide bonds. The summed E-state index contributed by atoms with van der Waals surface area (Å²) in [6.45, 7) is 1.32. The number of halogens is 1. The maximum atomic E-state index is 12.1. The summed E-state index contributed by atoms with van der Waals surface area (Å²) in [6.07, 6.45) is 2.78. The van der Waals surface area contributed by atoms with Gasteiger partial charge in [0.2, 0.25) is 11.8 Å². The van der Waals surface area contributed by atoms with E-state index in [1.807, 2.05) is 0 Å². The van der Waals surface area contributed by atoms with Crippen molar-refractivity contribution in [2.75, 3.05) is 18.5 Å². The van der Waals surface area contributed by atoms with Gasteiger partial charge < -0.3 is 15.4 Å². The monoisotopic (exact) mass is 322 g/mol. The van der Waals surface area contributed by atoms with E-state index in [-0.39, 0.29) is 29.8 Å². The van der Waals surface area contributed by atoms with E-state index >= 15 is 0 Å². The fourth-order valence-corrected chi connectivity index (χ4v) is 2.82. The molecule has 1 aliphatic carbocycles. The molecule has 0 spiro atoms. The molecular formula is C16H19ClN2O3. The number of amides is 2. The lowest BCUT2D eigenvalue weighted by atomic mass is 10.2. The van der Waals surface area contributed by atoms with Crippen LogP contribution in [0.4, 0.5) is 5.69 Å². The largest absolute Gasteiger partial charge is 0.376 e. The Bertz CT molecular complexity index is 555. The van der Waals surface area contributed by atoms with E-state index in [2.05, 4.69) is 10.6 Å². The van der Waals surface area contributed by atoms with Crippen LogP contribution in [0.3, 0.4) is 0 Å². The Morgan fingerprint density at radius 2 is 1.91 bits per heavy atom. The van der Waals surface area contributed by atoms with Crippen molar-refractivity contribution in [2.24, 2.45) is 11.8 Å². The second kappa shape index (κ2) is 6.67. The first-order valence-corrected chi connectivity index (χ1v) is 7.97. The standard InChI is InChI=1S/C16H19ClN2O3/c17-10-3-5-11(6-4-10)19-16(21)14-8-13(14)15(20)18-9-12-2-1-7-22-12/h3-6,12-14H,1-2,7-9H2,(H,18,20)(H,19,21). The van der Waals surface area contributed by atoms with Crippen molar-refractivity contribution >= 4 is 29.1 Å². The molecule has 2 fully saturated rings. The van der Waals surface area contributed by atoms with Gasteiger partial charge in [-0.2, -0.15) is 0 Å². The summed E-state index contributed by atoms with van der Waals surface area (Å²) in [5.74, 6) is -0.611. The van der Waals surface area contributed by atoms with Gasteiger partial charge in [-0.1, -0.05) is 11.6 Å². The summed E-state index contributed by atoms with van der Waals surface area (Å²) in [6, 6.07) is 6.93. The Balaban J connectivity index is 1.43. The van der Waals surface area contributed by atoms with Crippen LogP contribution in [-0.2, 0) is 14.3 Å². The van der Waals surface area contributed by atoms with Crippen molar-refractivity contribution < 1.29 is 14.3 Å². The molecule has 0 bridgehead atoms. The number of anilines is 1. The van der Waals surface area contributed by atoms with E-state index in [1.54, 1.807) is 24.3 Å². The van der Waals surface area contributed by atoms with Crippen LogP contribution in [-0.4, -0.2) is 31.1 Å². The summed E-state index contributed by atoms with van der Waals surface area (Å²) in [4.78, 5) is 24.1. The van der Waals surface area contributed by atoms with Crippen LogP contribution in [0.1, 0.15) is 19.3 Å². The van der Waals surface area contributed by atoms with Gasteiger partial charge in [-0.15, -0.1) is 0 Å². The summed E-state index contributed by atoms with van der Waals surface area (Å²) >= 11 is 5.80. The van der Waals surface area contributed by atoms with Crippen molar-refractivity contribution in [3.8, 4) is 0 Å². The Labute approximate surface area is 134 Å². The molecule has 1 aliphatic heterocycles. The average molecular weight is 323 g/mol. The maximum absolute atomic E-state index is 12.1. The average Bonchev–Trinajstić information content (AvgIpc) is 3.15. The highest BCUT2D eigenvalue weighted by Crippen LogP contribution is 2.39. The number of carbonyl (C=O) groups is 2. The van der Waals surface area contributed by atoms with Crippen molar-refractivity contribution in [1.29, 1.82) is 0 Å². The molecule has 0 aromatic heterocycles. The smallest absolute Gasteiger partial charge is 0.228 e. The minimum Gasteiger partial charge on any atom is -0.376 e. The second-order valence-corrected chi connectivity index (χ2v) is 6.26. The molecule has 6 heteroatoms. The predicted octanol–water partition coefficient (Wildman–Crippen LogP) is 2.21. The van der Waals surface area contributed by atoms with Crippen LogP contribution < -0.4 is 10.6 Å². The van der Waals surface area contributed by atoms with Crippen LogP contribution >= 0.6 is 11.6 Å². The Morgan fingerprint density at radius 3 is 2.59 bits per heavy atom. The number of ether oxygens (including phenoxy) is 1.